The number of aromatic nitrogens is 5. The third-order valence-electron chi connectivity index (χ3n) is 5.27. The Hall–Kier alpha value is -3.45. The van der Waals surface area contributed by atoms with Crippen molar-refractivity contribution in [1.82, 2.24) is 24.5 Å². The number of benzene rings is 2. The highest BCUT2D eigenvalue weighted by atomic mass is 35.5. The molecule has 0 aliphatic carbocycles. The van der Waals surface area contributed by atoms with Crippen molar-refractivity contribution in [2.45, 2.75) is 19.6 Å². The first-order valence-corrected chi connectivity index (χ1v) is 10.1. The Labute approximate surface area is 178 Å². The van der Waals surface area contributed by atoms with E-state index in [1.165, 1.54) is 4.68 Å². The molecule has 5 rings (SSSR count). The lowest BCUT2D eigenvalue weighted by molar-refractivity contribution is 0.559. The molecule has 0 amide bonds. The fraction of sp³-hybridized carbons (Fsp3) is 0.182. The Morgan fingerprint density at radius 1 is 0.933 bits per heavy atom. The molecule has 150 valence electrons. The van der Waals surface area contributed by atoms with Gasteiger partial charge in [-0.25, -0.2) is 4.68 Å². The highest BCUT2D eigenvalue weighted by Crippen LogP contribution is 2.27. The van der Waals surface area contributed by atoms with Gasteiger partial charge in [-0.3, -0.25) is 4.79 Å². The van der Waals surface area contributed by atoms with Crippen LogP contribution >= 0.6 is 11.6 Å². The standard InChI is InChI=1S/C22H19ClN6O/c23-20-18(13-24-29(22(20)30)14-16-7-3-1-4-8-16)27-11-12-28-19(15-27)25-26-21(28)17-9-5-2-6-10-17/h1-10,13H,11-12,14-15H2. The molecule has 0 bridgehead atoms. The summed E-state index contributed by atoms with van der Waals surface area (Å²) in [6, 6.07) is 19.7. The molecule has 0 saturated heterocycles. The normalized spacial score (nSPS) is 13.3. The highest BCUT2D eigenvalue weighted by Gasteiger charge is 2.24. The molecule has 2 aromatic carbocycles. The second kappa shape index (κ2) is 7.76. The molecule has 0 N–H and O–H groups in total. The van der Waals surface area contributed by atoms with Crippen molar-refractivity contribution in [2.24, 2.45) is 0 Å². The molecule has 1 aliphatic heterocycles. The lowest BCUT2D eigenvalue weighted by Gasteiger charge is -2.30. The molecular weight excluding hydrogens is 400 g/mol. The minimum absolute atomic E-state index is 0.178. The Balaban J connectivity index is 1.41. The second-order valence-corrected chi connectivity index (χ2v) is 7.55. The van der Waals surface area contributed by atoms with E-state index in [1.54, 1.807) is 6.20 Å². The lowest BCUT2D eigenvalue weighted by atomic mass is 10.2. The number of anilines is 1. The maximum Gasteiger partial charge on any atom is 0.287 e. The van der Waals surface area contributed by atoms with Crippen LogP contribution in [0.25, 0.3) is 11.4 Å². The Kier molecular flexibility index (Phi) is 4.80. The topological polar surface area (TPSA) is 68.8 Å². The minimum atomic E-state index is -0.296. The first-order chi connectivity index (χ1) is 14.7. The van der Waals surface area contributed by atoms with E-state index in [4.69, 9.17) is 11.6 Å². The van der Waals surface area contributed by atoms with E-state index in [2.05, 4.69) is 19.9 Å². The fourth-order valence-electron chi connectivity index (χ4n) is 3.71. The molecular formula is C22H19ClN6O. The Bertz CT molecular complexity index is 1240. The van der Waals surface area contributed by atoms with Gasteiger partial charge in [0.15, 0.2) is 11.6 Å². The Morgan fingerprint density at radius 2 is 1.67 bits per heavy atom. The summed E-state index contributed by atoms with van der Waals surface area (Å²) in [5, 5.41) is 13.3. The van der Waals surface area contributed by atoms with E-state index < -0.39 is 0 Å². The third kappa shape index (κ3) is 3.37. The molecule has 2 aromatic heterocycles. The Morgan fingerprint density at radius 3 is 2.43 bits per heavy atom. The summed E-state index contributed by atoms with van der Waals surface area (Å²) in [5.74, 6) is 1.69. The number of halogens is 1. The molecule has 7 nitrogen and oxygen atoms in total. The van der Waals surface area contributed by atoms with Gasteiger partial charge in [0.25, 0.3) is 5.56 Å². The van der Waals surface area contributed by atoms with Crippen molar-refractivity contribution in [3.05, 3.63) is 93.6 Å². The van der Waals surface area contributed by atoms with Crippen molar-refractivity contribution in [2.75, 3.05) is 11.4 Å². The average molecular weight is 419 g/mol. The van der Waals surface area contributed by atoms with Gasteiger partial charge in [-0.05, 0) is 5.56 Å². The molecule has 0 atom stereocenters. The third-order valence-corrected chi connectivity index (χ3v) is 5.62. The first-order valence-electron chi connectivity index (χ1n) is 9.73. The lowest BCUT2D eigenvalue weighted by Crippen LogP contribution is -2.36. The minimum Gasteiger partial charge on any atom is -0.360 e. The zero-order chi connectivity index (χ0) is 20.5. The molecule has 0 spiro atoms. The van der Waals surface area contributed by atoms with Gasteiger partial charge in [0.05, 0.1) is 25.0 Å². The summed E-state index contributed by atoms with van der Waals surface area (Å²) in [6.45, 7) is 2.29. The van der Waals surface area contributed by atoms with Crippen LogP contribution < -0.4 is 10.5 Å². The van der Waals surface area contributed by atoms with Gasteiger partial charge in [-0.1, -0.05) is 72.3 Å². The largest absolute Gasteiger partial charge is 0.360 e. The van der Waals surface area contributed by atoms with Gasteiger partial charge in [0.1, 0.15) is 5.02 Å². The van der Waals surface area contributed by atoms with Crippen molar-refractivity contribution < 1.29 is 0 Å². The zero-order valence-electron chi connectivity index (χ0n) is 16.1. The predicted octanol–water partition coefficient (Wildman–Crippen LogP) is 3.22. The van der Waals surface area contributed by atoms with Crippen LogP contribution in [0, 0.1) is 0 Å². The molecule has 8 heteroatoms. The molecule has 3 heterocycles. The van der Waals surface area contributed by atoms with Crippen LogP contribution in [-0.4, -0.2) is 31.1 Å². The smallest absolute Gasteiger partial charge is 0.287 e. The van der Waals surface area contributed by atoms with Gasteiger partial charge in [-0.15, -0.1) is 10.2 Å². The second-order valence-electron chi connectivity index (χ2n) is 7.17. The van der Waals surface area contributed by atoms with E-state index in [1.807, 2.05) is 65.6 Å². The summed E-state index contributed by atoms with van der Waals surface area (Å²) in [4.78, 5) is 14.8. The maximum atomic E-state index is 12.8. The summed E-state index contributed by atoms with van der Waals surface area (Å²) >= 11 is 6.47. The van der Waals surface area contributed by atoms with E-state index >= 15 is 0 Å². The van der Waals surface area contributed by atoms with Gasteiger partial charge in [-0.2, -0.15) is 5.10 Å². The van der Waals surface area contributed by atoms with Crippen LogP contribution in [0.2, 0.25) is 5.02 Å². The predicted molar refractivity (Wildman–Crippen MR) is 116 cm³/mol. The van der Waals surface area contributed by atoms with Crippen molar-refractivity contribution in [3.8, 4) is 11.4 Å². The molecule has 1 aliphatic rings. The fourth-order valence-corrected chi connectivity index (χ4v) is 3.98. The highest BCUT2D eigenvalue weighted by molar-refractivity contribution is 6.33. The van der Waals surface area contributed by atoms with Crippen molar-refractivity contribution >= 4 is 17.3 Å². The number of hydrogen-bond donors (Lipinski definition) is 0. The number of fused-ring (bicyclic) bond motifs is 1. The van der Waals surface area contributed by atoms with Crippen molar-refractivity contribution in [1.29, 1.82) is 0 Å². The molecule has 0 fully saturated rings. The van der Waals surface area contributed by atoms with Crippen molar-refractivity contribution in [3.63, 3.8) is 0 Å². The van der Waals surface area contributed by atoms with Crippen LogP contribution in [0.3, 0.4) is 0 Å². The molecule has 0 unspecified atom stereocenters. The monoisotopic (exact) mass is 418 g/mol. The van der Waals surface area contributed by atoms with Crippen LogP contribution in [0.15, 0.2) is 71.7 Å². The summed E-state index contributed by atoms with van der Waals surface area (Å²) < 4.78 is 3.50. The number of rotatable bonds is 4. The SMILES string of the molecule is O=c1c(Cl)c(N2CCn3c(nnc3-c3ccccc3)C2)cnn1Cc1ccccc1. The van der Waals surface area contributed by atoms with E-state index in [-0.39, 0.29) is 10.6 Å². The summed E-state index contributed by atoms with van der Waals surface area (Å²) in [6.07, 6.45) is 1.66. The van der Waals surface area contributed by atoms with Gasteiger partial charge in [0, 0.05) is 18.7 Å². The number of hydrogen-bond acceptors (Lipinski definition) is 5. The van der Waals surface area contributed by atoms with Crippen LogP contribution in [0.4, 0.5) is 5.69 Å². The summed E-state index contributed by atoms with van der Waals surface area (Å²) in [7, 11) is 0. The van der Waals surface area contributed by atoms with Gasteiger partial charge in [0.2, 0.25) is 0 Å². The first kappa shape index (κ1) is 18.6. The average Bonchev–Trinajstić information content (AvgIpc) is 3.22. The van der Waals surface area contributed by atoms with Gasteiger partial charge < -0.3 is 9.47 Å². The maximum absolute atomic E-state index is 12.8. The molecule has 0 radical (unpaired) electrons. The quantitative estimate of drug-likeness (QED) is 0.509. The molecule has 30 heavy (non-hydrogen) atoms. The van der Waals surface area contributed by atoms with Crippen LogP contribution in [0.1, 0.15) is 11.4 Å². The summed E-state index contributed by atoms with van der Waals surface area (Å²) in [5.41, 5.74) is 2.36. The van der Waals surface area contributed by atoms with Crippen LogP contribution in [-0.2, 0) is 19.6 Å². The molecule has 0 saturated carbocycles. The van der Waals surface area contributed by atoms with E-state index in [9.17, 15) is 4.79 Å². The number of nitrogens with zero attached hydrogens (tertiary/aromatic N) is 6. The van der Waals surface area contributed by atoms with E-state index in [0.29, 0.717) is 31.9 Å². The van der Waals surface area contributed by atoms with Crippen LogP contribution in [0.5, 0.6) is 0 Å². The van der Waals surface area contributed by atoms with E-state index in [0.717, 1.165) is 22.8 Å². The van der Waals surface area contributed by atoms with Gasteiger partial charge >= 0.3 is 0 Å². The zero-order valence-corrected chi connectivity index (χ0v) is 16.9. The molecule has 4 aromatic rings.